The summed E-state index contributed by atoms with van der Waals surface area (Å²) in [5.41, 5.74) is 0. The lowest BCUT2D eigenvalue weighted by atomic mass is 10.3. The van der Waals surface area contributed by atoms with Crippen molar-refractivity contribution in [2.45, 2.75) is 0 Å². The number of ether oxygens (including phenoxy) is 1. The van der Waals surface area contributed by atoms with Crippen molar-refractivity contribution >= 4 is 17.4 Å². The molecular weight excluding hydrogens is 188 g/mol. The molecule has 0 aliphatic heterocycles. The molecule has 2 nitrogen and oxygen atoms in total. The fourth-order valence-corrected chi connectivity index (χ4v) is 0.870. The Bertz CT molecular complexity index is 303. The maximum absolute atomic E-state index is 10.8. The van der Waals surface area contributed by atoms with Crippen molar-refractivity contribution in [3.05, 3.63) is 41.9 Å². The number of hydrogen-bond acceptors (Lipinski definition) is 2. The fraction of sp³-hybridized carbons (Fsp3) is 0.100. The smallest absolute Gasteiger partial charge is 0.192 e. The van der Waals surface area contributed by atoms with E-state index in [1.807, 2.05) is 0 Å². The molecular formula is C10H9ClO2. The van der Waals surface area contributed by atoms with Crippen molar-refractivity contribution in [3.8, 4) is 5.75 Å². The van der Waals surface area contributed by atoms with Gasteiger partial charge in [-0.25, -0.2) is 0 Å². The van der Waals surface area contributed by atoms with E-state index in [0.29, 0.717) is 10.8 Å². The van der Waals surface area contributed by atoms with Crippen LogP contribution < -0.4 is 4.74 Å². The first-order valence-electron chi connectivity index (χ1n) is 3.76. The van der Waals surface area contributed by atoms with Gasteiger partial charge in [-0.1, -0.05) is 18.2 Å². The number of benzene rings is 1. The first-order chi connectivity index (χ1) is 6.22. The lowest BCUT2D eigenvalue weighted by Crippen LogP contribution is -2.07. The molecule has 0 amide bonds. The summed E-state index contributed by atoms with van der Waals surface area (Å²) in [4.78, 5) is 10.8. The minimum atomic E-state index is -0.144. The molecule has 0 unspecified atom stereocenters. The highest BCUT2D eigenvalue weighted by molar-refractivity contribution is 6.30. The van der Waals surface area contributed by atoms with Crippen molar-refractivity contribution in [1.82, 2.24) is 0 Å². The van der Waals surface area contributed by atoms with Gasteiger partial charge in [-0.05, 0) is 30.3 Å². The van der Waals surface area contributed by atoms with Gasteiger partial charge in [0.25, 0.3) is 0 Å². The van der Waals surface area contributed by atoms with Gasteiger partial charge in [0.15, 0.2) is 12.4 Å². The van der Waals surface area contributed by atoms with Gasteiger partial charge in [0.1, 0.15) is 5.75 Å². The van der Waals surface area contributed by atoms with Crippen LogP contribution in [-0.2, 0) is 4.79 Å². The Morgan fingerprint density at radius 3 is 2.62 bits per heavy atom. The molecule has 0 saturated heterocycles. The first kappa shape index (κ1) is 9.81. The van der Waals surface area contributed by atoms with E-state index in [1.54, 1.807) is 24.3 Å². The van der Waals surface area contributed by atoms with E-state index >= 15 is 0 Å². The second kappa shape index (κ2) is 4.67. The third-order valence-corrected chi connectivity index (χ3v) is 1.67. The van der Waals surface area contributed by atoms with Crippen LogP contribution in [0.4, 0.5) is 0 Å². The van der Waals surface area contributed by atoms with E-state index in [0.717, 1.165) is 0 Å². The van der Waals surface area contributed by atoms with Crippen LogP contribution in [0.25, 0.3) is 0 Å². The van der Waals surface area contributed by atoms with Crippen LogP contribution in [0.1, 0.15) is 0 Å². The molecule has 0 N–H and O–H groups in total. The lowest BCUT2D eigenvalue weighted by molar-refractivity contribution is -0.116. The zero-order valence-electron chi connectivity index (χ0n) is 7.00. The fourth-order valence-electron chi connectivity index (χ4n) is 0.744. The number of carbonyl (C=O) groups excluding carboxylic acids is 1. The maximum Gasteiger partial charge on any atom is 0.192 e. The van der Waals surface area contributed by atoms with E-state index in [4.69, 9.17) is 16.3 Å². The molecule has 1 rings (SSSR count). The third-order valence-electron chi connectivity index (χ3n) is 1.42. The standard InChI is InChI=1S/C10H9ClO2/c1-2-9(12)7-13-10-5-3-8(11)4-6-10/h2-6H,1,7H2. The molecule has 0 radical (unpaired) electrons. The number of ketones is 1. The molecule has 0 aliphatic rings. The molecule has 0 saturated carbocycles. The van der Waals surface area contributed by atoms with Crippen molar-refractivity contribution in [3.63, 3.8) is 0 Å². The van der Waals surface area contributed by atoms with Crippen LogP contribution in [0, 0.1) is 0 Å². The molecule has 68 valence electrons. The van der Waals surface area contributed by atoms with E-state index in [2.05, 4.69) is 6.58 Å². The van der Waals surface area contributed by atoms with Gasteiger partial charge in [0.05, 0.1) is 0 Å². The normalized spacial score (nSPS) is 9.31. The highest BCUT2D eigenvalue weighted by Crippen LogP contribution is 2.15. The molecule has 0 atom stereocenters. The predicted molar refractivity (Wildman–Crippen MR) is 52.2 cm³/mol. The monoisotopic (exact) mass is 196 g/mol. The third kappa shape index (κ3) is 3.30. The van der Waals surface area contributed by atoms with Crippen LogP contribution >= 0.6 is 11.6 Å². The SMILES string of the molecule is C=CC(=O)COc1ccc(Cl)cc1. The van der Waals surface area contributed by atoms with E-state index in [-0.39, 0.29) is 12.4 Å². The summed E-state index contributed by atoms with van der Waals surface area (Å²) in [5, 5.41) is 0.641. The van der Waals surface area contributed by atoms with Crippen LogP contribution in [-0.4, -0.2) is 12.4 Å². The topological polar surface area (TPSA) is 26.3 Å². The van der Waals surface area contributed by atoms with Crippen LogP contribution in [0.15, 0.2) is 36.9 Å². The average Bonchev–Trinajstić information content (AvgIpc) is 2.16. The Kier molecular flexibility index (Phi) is 3.53. The molecule has 0 aliphatic carbocycles. The van der Waals surface area contributed by atoms with E-state index in [1.165, 1.54) is 6.08 Å². The van der Waals surface area contributed by atoms with Crippen LogP contribution in [0.2, 0.25) is 5.02 Å². The van der Waals surface area contributed by atoms with Crippen molar-refractivity contribution < 1.29 is 9.53 Å². The summed E-state index contributed by atoms with van der Waals surface area (Å²) in [6, 6.07) is 6.82. The Morgan fingerprint density at radius 1 is 1.46 bits per heavy atom. The minimum Gasteiger partial charge on any atom is -0.485 e. The number of halogens is 1. The van der Waals surface area contributed by atoms with Gasteiger partial charge in [0, 0.05) is 5.02 Å². The second-order valence-corrected chi connectivity index (χ2v) is 2.85. The van der Waals surface area contributed by atoms with Gasteiger partial charge in [-0.2, -0.15) is 0 Å². The molecule has 13 heavy (non-hydrogen) atoms. The van der Waals surface area contributed by atoms with Gasteiger partial charge in [-0.3, -0.25) is 4.79 Å². The number of carbonyl (C=O) groups is 1. The molecule has 0 aromatic heterocycles. The van der Waals surface area contributed by atoms with Crippen molar-refractivity contribution in [2.24, 2.45) is 0 Å². The molecule has 1 aromatic rings. The van der Waals surface area contributed by atoms with Gasteiger partial charge in [-0.15, -0.1) is 0 Å². The number of hydrogen-bond donors (Lipinski definition) is 0. The highest BCUT2D eigenvalue weighted by Gasteiger charge is 1.97. The van der Waals surface area contributed by atoms with E-state index < -0.39 is 0 Å². The van der Waals surface area contributed by atoms with Gasteiger partial charge < -0.3 is 4.74 Å². The zero-order valence-corrected chi connectivity index (χ0v) is 7.75. The minimum absolute atomic E-state index is 0.0190. The Labute approximate surface area is 81.8 Å². The summed E-state index contributed by atoms with van der Waals surface area (Å²) in [5.74, 6) is 0.481. The summed E-state index contributed by atoms with van der Waals surface area (Å²) in [7, 11) is 0. The first-order valence-corrected chi connectivity index (χ1v) is 4.14. The Morgan fingerprint density at radius 2 is 2.08 bits per heavy atom. The Balaban J connectivity index is 2.50. The quantitative estimate of drug-likeness (QED) is 0.692. The van der Waals surface area contributed by atoms with Gasteiger partial charge in [0.2, 0.25) is 0 Å². The summed E-state index contributed by atoms with van der Waals surface area (Å²) in [6.07, 6.45) is 1.23. The Hall–Kier alpha value is -1.28. The van der Waals surface area contributed by atoms with E-state index in [9.17, 15) is 4.79 Å². The van der Waals surface area contributed by atoms with Crippen LogP contribution in [0.5, 0.6) is 5.75 Å². The van der Waals surface area contributed by atoms with Crippen molar-refractivity contribution in [1.29, 1.82) is 0 Å². The summed E-state index contributed by atoms with van der Waals surface area (Å²) >= 11 is 5.66. The summed E-state index contributed by atoms with van der Waals surface area (Å²) < 4.78 is 5.13. The predicted octanol–water partition coefficient (Wildman–Crippen LogP) is 2.47. The van der Waals surface area contributed by atoms with Crippen LogP contribution in [0.3, 0.4) is 0 Å². The molecule has 0 heterocycles. The largest absolute Gasteiger partial charge is 0.485 e. The lowest BCUT2D eigenvalue weighted by Gasteiger charge is -2.02. The second-order valence-electron chi connectivity index (χ2n) is 2.41. The molecule has 0 fully saturated rings. The van der Waals surface area contributed by atoms with Crippen molar-refractivity contribution in [2.75, 3.05) is 6.61 Å². The maximum atomic E-state index is 10.8. The highest BCUT2D eigenvalue weighted by atomic mass is 35.5. The molecule has 3 heteroatoms. The average molecular weight is 197 g/mol. The summed E-state index contributed by atoms with van der Waals surface area (Å²) in [6.45, 7) is 3.36. The molecule has 1 aromatic carbocycles. The number of rotatable bonds is 4. The molecule has 0 bridgehead atoms. The molecule has 0 spiro atoms. The van der Waals surface area contributed by atoms with Gasteiger partial charge >= 0.3 is 0 Å². The zero-order chi connectivity index (χ0) is 9.68.